The van der Waals surface area contributed by atoms with Crippen LogP contribution in [0.2, 0.25) is 0 Å². The van der Waals surface area contributed by atoms with Gasteiger partial charge in [0.05, 0.1) is 18.2 Å². The molecule has 4 aromatic rings. The molecular formula is C26H24N4O4. The minimum atomic E-state index is -0.483. The standard InChI is InChI=1S/C26H24N4O4/c1-17(18-8-4-3-5-9-18)29-26-20-14-21(24(33-2)15-22(20)27-16-28-26)23-13-12-19(34-23)10-6-7-11-25(31)30-32/h3-5,8-9,12-17,32H,7,11H2,1-2H3,(H,30,31)(H,27,28,29)/t17-/m1/s1. The fourth-order valence-electron chi connectivity index (χ4n) is 3.52. The van der Waals surface area contributed by atoms with Crippen LogP contribution in [-0.4, -0.2) is 28.2 Å². The molecule has 172 valence electrons. The van der Waals surface area contributed by atoms with E-state index in [1.54, 1.807) is 18.7 Å². The Bertz CT molecular complexity index is 1360. The number of anilines is 1. The highest BCUT2D eigenvalue weighted by molar-refractivity contribution is 5.94. The van der Waals surface area contributed by atoms with Crippen molar-refractivity contribution in [3.05, 3.63) is 72.2 Å². The molecule has 0 radical (unpaired) electrons. The minimum absolute atomic E-state index is 0.0447. The molecule has 0 saturated heterocycles. The van der Waals surface area contributed by atoms with Gasteiger partial charge < -0.3 is 14.5 Å². The zero-order chi connectivity index (χ0) is 23.9. The number of aromatic nitrogens is 2. The van der Waals surface area contributed by atoms with Gasteiger partial charge >= 0.3 is 0 Å². The number of hydrogen-bond acceptors (Lipinski definition) is 7. The van der Waals surface area contributed by atoms with Crippen LogP contribution < -0.4 is 15.5 Å². The third-order valence-electron chi connectivity index (χ3n) is 5.29. The van der Waals surface area contributed by atoms with Crippen LogP contribution in [0.5, 0.6) is 5.75 Å². The summed E-state index contributed by atoms with van der Waals surface area (Å²) in [6, 6.07) is 17.6. The number of hydrogen-bond donors (Lipinski definition) is 3. The van der Waals surface area contributed by atoms with E-state index in [9.17, 15) is 4.79 Å². The van der Waals surface area contributed by atoms with E-state index in [0.29, 0.717) is 29.5 Å². The van der Waals surface area contributed by atoms with Gasteiger partial charge in [-0.05, 0) is 36.6 Å². The van der Waals surface area contributed by atoms with Crippen molar-refractivity contribution < 1.29 is 19.2 Å². The van der Waals surface area contributed by atoms with Gasteiger partial charge in [0.2, 0.25) is 5.91 Å². The number of nitrogens with one attached hydrogen (secondary N) is 2. The van der Waals surface area contributed by atoms with Crippen molar-refractivity contribution in [2.45, 2.75) is 25.8 Å². The monoisotopic (exact) mass is 456 g/mol. The van der Waals surface area contributed by atoms with Crippen molar-refractivity contribution in [3.8, 4) is 28.9 Å². The van der Waals surface area contributed by atoms with E-state index >= 15 is 0 Å². The maximum absolute atomic E-state index is 11.1. The van der Waals surface area contributed by atoms with Crippen molar-refractivity contribution in [2.24, 2.45) is 0 Å². The molecule has 0 aliphatic carbocycles. The van der Waals surface area contributed by atoms with E-state index < -0.39 is 5.91 Å². The third kappa shape index (κ3) is 5.17. The van der Waals surface area contributed by atoms with Gasteiger partial charge in [0.15, 0.2) is 5.76 Å². The molecule has 4 rings (SSSR count). The van der Waals surface area contributed by atoms with E-state index in [1.165, 1.54) is 6.33 Å². The number of furan rings is 1. The highest BCUT2D eigenvalue weighted by Gasteiger charge is 2.16. The molecular weight excluding hydrogens is 432 g/mol. The van der Waals surface area contributed by atoms with Gasteiger partial charge in [0.25, 0.3) is 0 Å². The number of fused-ring (bicyclic) bond motifs is 1. The number of amides is 1. The minimum Gasteiger partial charge on any atom is -0.496 e. The number of benzene rings is 2. The summed E-state index contributed by atoms with van der Waals surface area (Å²) >= 11 is 0. The van der Waals surface area contributed by atoms with Gasteiger partial charge in [0.1, 0.15) is 23.7 Å². The quantitative estimate of drug-likeness (QED) is 0.210. The van der Waals surface area contributed by atoms with Crippen LogP contribution in [-0.2, 0) is 4.79 Å². The number of rotatable bonds is 7. The molecule has 0 spiro atoms. The summed E-state index contributed by atoms with van der Waals surface area (Å²) in [7, 11) is 1.60. The van der Waals surface area contributed by atoms with E-state index in [1.807, 2.05) is 36.4 Å². The van der Waals surface area contributed by atoms with Crippen molar-refractivity contribution in [2.75, 3.05) is 12.4 Å². The second-order valence-electron chi connectivity index (χ2n) is 7.57. The van der Waals surface area contributed by atoms with E-state index in [4.69, 9.17) is 14.4 Å². The van der Waals surface area contributed by atoms with E-state index in [2.05, 4.69) is 46.2 Å². The second-order valence-corrected chi connectivity index (χ2v) is 7.57. The Kier molecular flexibility index (Phi) is 7.06. The zero-order valence-electron chi connectivity index (χ0n) is 18.8. The summed E-state index contributed by atoms with van der Waals surface area (Å²) < 4.78 is 11.5. The van der Waals surface area contributed by atoms with Crippen LogP contribution in [0.25, 0.3) is 22.2 Å². The van der Waals surface area contributed by atoms with Crippen LogP contribution in [0.4, 0.5) is 5.82 Å². The smallest absolute Gasteiger partial charge is 0.244 e. The lowest BCUT2D eigenvalue weighted by Crippen LogP contribution is -2.17. The van der Waals surface area contributed by atoms with Gasteiger partial charge in [-0.25, -0.2) is 15.4 Å². The molecule has 2 aromatic carbocycles. The summed E-state index contributed by atoms with van der Waals surface area (Å²) in [6.07, 6.45) is 1.93. The van der Waals surface area contributed by atoms with Crippen LogP contribution in [0.15, 0.2) is 65.3 Å². The highest BCUT2D eigenvalue weighted by atomic mass is 16.5. The van der Waals surface area contributed by atoms with Crippen LogP contribution in [0, 0.1) is 11.8 Å². The third-order valence-corrected chi connectivity index (χ3v) is 5.29. The molecule has 0 aliphatic heterocycles. The van der Waals surface area contributed by atoms with Crippen molar-refractivity contribution in [1.29, 1.82) is 0 Å². The Morgan fingerprint density at radius 2 is 2.00 bits per heavy atom. The lowest BCUT2D eigenvalue weighted by molar-refractivity contribution is -0.129. The molecule has 0 aliphatic rings. The fourth-order valence-corrected chi connectivity index (χ4v) is 3.52. The van der Waals surface area contributed by atoms with E-state index in [0.717, 1.165) is 22.0 Å². The molecule has 3 N–H and O–H groups in total. The highest BCUT2D eigenvalue weighted by Crippen LogP contribution is 2.36. The first kappa shape index (κ1) is 22.8. The predicted molar refractivity (Wildman–Crippen MR) is 128 cm³/mol. The summed E-state index contributed by atoms with van der Waals surface area (Å²) in [5, 5.41) is 12.8. The second kappa shape index (κ2) is 10.5. The Morgan fingerprint density at radius 1 is 1.18 bits per heavy atom. The Hall–Kier alpha value is -4.35. The van der Waals surface area contributed by atoms with Crippen molar-refractivity contribution in [3.63, 3.8) is 0 Å². The summed E-state index contributed by atoms with van der Waals surface area (Å²) in [6.45, 7) is 2.08. The summed E-state index contributed by atoms with van der Waals surface area (Å²) in [5.41, 5.74) is 4.22. The van der Waals surface area contributed by atoms with Gasteiger partial charge in [-0.2, -0.15) is 0 Å². The average molecular weight is 457 g/mol. The van der Waals surface area contributed by atoms with Gasteiger partial charge in [-0.1, -0.05) is 36.3 Å². The van der Waals surface area contributed by atoms with E-state index in [-0.39, 0.29) is 12.5 Å². The van der Waals surface area contributed by atoms with Crippen molar-refractivity contribution in [1.82, 2.24) is 15.4 Å². The maximum atomic E-state index is 11.1. The van der Waals surface area contributed by atoms with Gasteiger partial charge in [-0.15, -0.1) is 0 Å². The van der Waals surface area contributed by atoms with Gasteiger partial charge in [-0.3, -0.25) is 10.0 Å². The molecule has 8 heteroatoms. The summed E-state index contributed by atoms with van der Waals surface area (Å²) in [4.78, 5) is 20.0. The van der Waals surface area contributed by atoms with Crippen LogP contribution in [0.3, 0.4) is 0 Å². The molecule has 8 nitrogen and oxygen atoms in total. The first-order valence-corrected chi connectivity index (χ1v) is 10.7. The largest absolute Gasteiger partial charge is 0.496 e. The number of nitrogens with zero attached hydrogens (tertiary/aromatic N) is 2. The Labute approximate surface area is 197 Å². The molecule has 0 fully saturated rings. The topological polar surface area (TPSA) is 110 Å². The first-order chi connectivity index (χ1) is 16.6. The molecule has 0 bridgehead atoms. The summed E-state index contributed by atoms with van der Waals surface area (Å²) in [5.74, 6) is 7.63. The molecule has 0 saturated carbocycles. The number of carbonyl (C=O) groups excluding carboxylic acids is 1. The normalized spacial score (nSPS) is 11.4. The average Bonchev–Trinajstić information content (AvgIpc) is 3.35. The number of hydroxylamine groups is 1. The van der Waals surface area contributed by atoms with Gasteiger partial charge in [0, 0.05) is 30.3 Å². The number of methoxy groups -OCH3 is 1. The molecule has 34 heavy (non-hydrogen) atoms. The van der Waals surface area contributed by atoms with Crippen LogP contribution >= 0.6 is 0 Å². The number of carbonyl (C=O) groups is 1. The number of ether oxygens (including phenoxy) is 1. The molecule has 0 unspecified atom stereocenters. The molecule has 2 heterocycles. The fraction of sp³-hybridized carbons (Fsp3) is 0.192. The Balaban J connectivity index is 1.64. The molecule has 1 amide bonds. The predicted octanol–water partition coefficient (Wildman–Crippen LogP) is 4.71. The SMILES string of the molecule is COc1cc2ncnc(N[C@H](C)c3ccccc3)c2cc1-c1ccc(C#CCCC(=O)NO)o1. The van der Waals surface area contributed by atoms with Crippen molar-refractivity contribution >= 4 is 22.6 Å². The maximum Gasteiger partial charge on any atom is 0.244 e. The molecule has 1 atom stereocenters. The lowest BCUT2D eigenvalue weighted by atomic mass is 10.1. The first-order valence-electron chi connectivity index (χ1n) is 10.7. The molecule has 2 aromatic heterocycles. The zero-order valence-corrected chi connectivity index (χ0v) is 18.8. The van der Waals surface area contributed by atoms with Crippen LogP contribution in [0.1, 0.15) is 37.1 Å². The lowest BCUT2D eigenvalue weighted by Gasteiger charge is -2.17. The Morgan fingerprint density at radius 3 is 2.76 bits per heavy atom.